The van der Waals surface area contributed by atoms with Gasteiger partial charge >= 0.3 is 0 Å². The van der Waals surface area contributed by atoms with E-state index in [0.29, 0.717) is 6.42 Å². The van der Waals surface area contributed by atoms with Crippen LogP contribution in [0.3, 0.4) is 0 Å². The lowest BCUT2D eigenvalue weighted by Crippen LogP contribution is -2.18. The van der Waals surface area contributed by atoms with Gasteiger partial charge in [0.25, 0.3) is 0 Å². The molecule has 1 aromatic carbocycles. The number of nitrogens with zero attached hydrogens (tertiary/aromatic N) is 2. The van der Waals surface area contributed by atoms with E-state index in [0.717, 1.165) is 13.1 Å². The van der Waals surface area contributed by atoms with Gasteiger partial charge in [0.1, 0.15) is 0 Å². The summed E-state index contributed by atoms with van der Waals surface area (Å²) in [6.07, 6.45) is 0.598. The molecule has 0 heterocycles. The van der Waals surface area contributed by atoms with Crippen LogP contribution in [0.1, 0.15) is 12.0 Å². The van der Waals surface area contributed by atoms with Crippen LogP contribution >= 0.6 is 22.6 Å². The Balaban J connectivity index is 2.44. The molecule has 0 aliphatic heterocycles. The molecule has 0 aliphatic carbocycles. The minimum Gasteiger partial charge on any atom is -0.301 e. The molecule has 0 fully saturated rings. The minimum absolute atomic E-state index is 0.598. The van der Waals surface area contributed by atoms with E-state index < -0.39 is 0 Å². The number of rotatable bonds is 4. The second kappa shape index (κ2) is 5.99. The third-order valence-electron chi connectivity index (χ3n) is 1.97. The number of hydrogen-bond acceptors (Lipinski definition) is 2. The third-order valence-corrected chi connectivity index (χ3v) is 2.69. The maximum Gasteiger partial charge on any atom is 0.0635 e. The monoisotopic (exact) mass is 300 g/mol. The second-order valence-corrected chi connectivity index (χ2v) is 4.52. The fourth-order valence-corrected chi connectivity index (χ4v) is 1.58. The molecule has 0 radical (unpaired) electrons. The molecule has 0 N–H and O–H groups in total. The lowest BCUT2D eigenvalue weighted by molar-refractivity contribution is 0.335. The van der Waals surface area contributed by atoms with Crippen molar-refractivity contribution in [1.29, 1.82) is 5.26 Å². The van der Waals surface area contributed by atoms with E-state index in [9.17, 15) is 0 Å². The molecule has 0 amide bonds. The molecular weight excluding hydrogens is 287 g/mol. The summed E-state index contributed by atoms with van der Waals surface area (Å²) >= 11 is 2.30. The van der Waals surface area contributed by atoms with Gasteiger partial charge in [-0.1, -0.05) is 12.1 Å². The summed E-state index contributed by atoms with van der Waals surface area (Å²) in [6.45, 7) is 1.75. The molecule has 1 rings (SSSR count). The fraction of sp³-hybridized carbons (Fsp3) is 0.364. The lowest BCUT2D eigenvalue weighted by atomic mass is 10.2. The molecule has 0 unspecified atom stereocenters. The molecule has 0 saturated carbocycles. The zero-order chi connectivity index (χ0) is 10.4. The first kappa shape index (κ1) is 11.5. The summed E-state index contributed by atoms with van der Waals surface area (Å²) in [5, 5.41) is 8.44. The van der Waals surface area contributed by atoms with Crippen LogP contribution in [-0.4, -0.2) is 18.5 Å². The van der Waals surface area contributed by atoms with Crippen molar-refractivity contribution in [2.24, 2.45) is 0 Å². The van der Waals surface area contributed by atoms with Crippen LogP contribution in [0.5, 0.6) is 0 Å². The van der Waals surface area contributed by atoms with Gasteiger partial charge < -0.3 is 4.90 Å². The van der Waals surface area contributed by atoms with Gasteiger partial charge in [0, 0.05) is 23.1 Å². The smallest absolute Gasteiger partial charge is 0.0635 e. The first-order valence-electron chi connectivity index (χ1n) is 4.52. The largest absolute Gasteiger partial charge is 0.301 e. The van der Waals surface area contributed by atoms with Gasteiger partial charge in [-0.2, -0.15) is 5.26 Å². The minimum atomic E-state index is 0.598. The number of benzene rings is 1. The van der Waals surface area contributed by atoms with Crippen molar-refractivity contribution >= 4 is 22.6 Å². The van der Waals surface area contributed by atoms with Gasteiger partial charge in [0.15, 0.2) is 0 Å². The van der Waals surface area contributed by atoms with Crippen LogP contribution in [0.15, 0.2) is 24.3 Å². The highest BCUT2D eigenvalue weighted by Gasteiger charge is 1.99. The zero-order valence-electron chi connectivity index (χ0n) is 8.20. The van der Waals surface area contributed by atoms with Crippen molar-refractivity contribution in [2.75, 3.05) is 13.6 Å². The normalized spacial score (nSPS) is 10.1. The highest BCUT2D eigenvalue weighted by Crippen LogP contribution is 2.08. The Labute approximate surface area is 98.7 Å². The van der Waals surface area contributed by atoms with Crippen molar-refractivity contribution in [3.8, 4) is 6.07 Å². The van der Waals surface area contributed by atoms with Crippen molar-refractivity contribution in [1.82, 2.24) is 4.90 Å². The van der Waals surface area contributed by atoms with E-state index in [1.165, 1.54) is 9.13 Å². The van der Waals surface area contributed by atoms with Gasteiger partial charge in [-0.3, -0.25) is 0 Å². The molecule has 3 heteroatoms. The van der Waals surface area contributed by atoms with E-state index in [2.05, 4.69) is 57.8 Å². The van der Waals surface area contributed by atoms with Crippen LogP contribution in [-0.2, 0) is 6.54 Å². The summed E-state index contributed by atoms with van der Waals surface area (Å²) in [4.78, 5) is 2.16. The number of halogens is 1. The number of hydrogen-bond donors (Lipinski definition) is 0. The molecule has 0 saturated heterocycles. The maximum atomic E-state index is 8.44. The molecule has 1 aromatic rings. The van der Waals surface area contributed by atoms with Crippen LogP contribution in [0.2, 0.25) is 0 Å². The quantitative estimate of drug-likeness (QED) is 0.799. The Bertz CT molecular complexity index is 313. The predicted octanol–water partition coefficient (Wildman–Crippen LogP) is 2.64. The number of nitriles is 1. The summed E-state index contributed by atoms with van der Waals surface area (Å²) < 4.78 is 1.26. The summed E-state index contributed by atoms with van der Waals surface area (Å²) in [5.41, 5.74) is 1.30. The molecule has 74 valence electrons. The molecule has 0 atom stereocenters. The van der Waals surface area contributed by atoms with Gasteiger partial charge in [-0.15, -0.1) is 0 Å². The van der Waals surface area contributed by atoms with E-state index in [4.69, 9.17) is 5.26 Å². The molecule has 0 spiro atoms. The standard InChI is InChI=1S/C11H13IN2/c1-14(8-2-7-13)9-10-3-5-11(12)6-4-10/h3-6H,2,8-9H2,1H3. The average Bonchev–Trinajstić information content (AvgIpc) is 2.18. The van der Waals surface area contributed by atoms with Crippen molar-refractivity contribution < 1.29 is 0 Å². The van der Waals surface area contributed by atoms with Gasteiger partial charge in [-0.05, 0) is 47.3 Å². The van der Waals surface area contributed by atoms with Crippen LogP contribution in [0, 0.1) is 14.9 Å². The highest BCUT2D eigenvalue weighted by atomic mass is 127. The zero-order valence-corrected chi connectivity index (χ0v) is 10.4. The Morgan fingerprint density at radius 1 is 1.36 bits per heavy atom. The van der Waals surface area contributed by atoms with E-state index in [1.54, 1.807) is 0 Å². The van der Waals surface area contributed by atoms with Gasteiger partial charge in [0.2, 0.25) is 0 Å². The summed E-state index contributed by atoms with van der Waals surface area (Å²) in [7, 11) is 2.04. The van der Waals surface area contributed by atoms with Crippen LogP contribution in [0.4, 0.5) is 0 Å². The second-order valence-electron chi connectivity index (χ2n) is 3.27. The van der Waals surface area contributed by atoms with Crippen molar-refractivity contribution in [2.45, 2.75) is 13.0 Å². The molecule has 14 heavy (non-hydrogen) atoms. The predicted molar refractivity (Wildman–Crippen MR) is 65.7 cm³/mol. The van der Waals surface area contributed by atoms with Crippen LogP contribution in [0.25, 0.3) is 0 Å². The SMILES string of the molecule is CN(CCC#N)Cc1ccc(I)cc1. The molecule has 0 aliphatic rings. The van der Waals surface area contributed by atoms with Gasteiger partial charge in [-0.25, -0.2) is 0 Å². The lowest BCUT2D eigenvalue weighted by Gasteiger charge is -2.14. The molecule has 2 nitrogen and oxygen atoms in total. The Kier molecular flexibility index (Phi) is 4.91. The topological polar surface area (TPSA) is 27.0 Å². The first-order chi connectivity index (χ1) is 6.72. The van der Waals surface area contributed by atoms with E-state index in [-0.39, 0.29) is 0 Å². The average molecular weight is 300 g/mol. The van der Waals surface area contributed by atoms with Crippen molar-refractivity contribution in [3.05, 3.63) is 33.4 Å². The maximum absolute atomic E-state index is 8.44. The first-order valence-corrected chi connectivity index (χ1v) is 5.60. The summed E-state index contributed by atoms with van der Waals surface area (Å²) in [6, 6.07) is 10.6. The van der Waals surface area contributed by atoms with E-state index >= 15 is 0 Å². The van der Waals surface area contributed by atoms with Gasteiger partial charge in [0.05, 0.1) is 6.07 Å². The van der Waals surface area contributed by atoms with E-state index in [1.807, 2.05) is 7.05 Å². The summed E-state index contributed by atoms with van der Waals surface area (Å²) in [5.74, 6) is 0. The highest BCUT2D eigenvalue weighted by molar-refractivity contribution is 14.1. The Hall–Kier alpha value is -0.600. The Morgan fingerprint density at radius 3 is 2.57 bits per heavy atom. The van der Waals surface area contributed by atoms with Crippen molar-refractivity contribution in [3.63, 3.8) is 0 Å². The van der Waals surface area contributed by atoms with Crippen LogP contribution < -0.4 is 0 Å². The Morgan fingerprint density at radius 2 is 2.00 bits per heavy atom. The fourth-order valence-electron chi connectivity index (χ4n) is 1.22. The molecule has 0 aromatic heterocycles. The molecular formula is C11H13IN2. The molecule has 0 bridgehead atoms. The third kappa shape index (κ3) is 4.07.